The molecule has 0 aliphatic heterocycles. The van der Waals surface area contributed by atoms with E-state index in [0.29, 0.717) is 17.5 Å². The lowest BCUT2D eigenvalue weighted by Gasteiger charge is -2.10. The smallest absolute Gasteiger partial charge is 0.230 e. The van der Waals surface area contributed by atoms with Crippen molar-refractivity contribution in [2.75, 3.05) is 12.3 Å². The van der Waals surface area contributed by atoms with Crippen molar-refractivity contribution in [2.45, 2.75) is 45.4 Å². The molecule has 0 unspecified atom stereocenters. The predicted octanol–water partition coefficient (Wildman–Crippen LogP) is 3.33. The Morgan fingerprint density at radius 1 is 1.16 bits per heavy atom. The van der Waals surface area contributed by atoms with E-state index in [2.05, 4.69) is 15.3 Å². The Morgan fingerprint density at radius 3 is 2.40 bits per heavy atom. The summed E-state index contributed by atoms with van der Waals surface area (Å²) in [5.74, 6) is 1.18. The second-order valence-electron chi connectivity index (χ2n) is 6.13. The van der Waals surface area contributed by atoms with Crippen LogP contribution in [0.15, 0.2) is 35.5 Å². The molecule has 1 heterocycles. The first-order valence-electron chi connectivity index (χ1n) is 8.40. The third kappa shape index (κ3) is 7.13. The van der Waals surface area contributed by atoms with Gasteiger partial charge in [0.2, 0.25) is 5.91 Å². The number of carbonyl (C=O) groups is 1. The molecule has 1 aromatic carbocycles. The summed E-state index contributed by atoms with van der Waals surface area (Å²) in [4.78, 5) is 20.6. The zero-order valence-electron chi connectivity index (χ0n) is 15.2. The standard InChI is InChI=1S/C19H25N3O2S/c1-13(2)24-17-7-5-16(6-8-17)9-10-20-18(23)12-25-19-21-14(3)11-15(4)22-19/h5-8,11,13H,9-10,12H2,1-4H3,(H,20,23). The number of benzene rings is 1. The average molecular weight is 359 g/mol. The van der Waals surface area contributed by atoms with Gasteiger partial charge in [-0.25, -0.2) is 9.97 Å². The molecule has 0 spiro atoms. The number of nitrogens with one attached hydrogen (secondary N) is 1. The van der Waals surface area contributed by atoms with Crippen molar-refractivity contribution in [2.24, 2.45) is 0 Å². The molecule has 0 fully saturated rings. The molecule has 134 valence electrons. The van der Waals surface area contributed by atoms with E-state index in [1.165, 1.54) is 17.3 Å². The van der Waals surface area contributed by atoms with Crippen molar-refractivity contribution in [1.82, 2.24) is 15.3 Å². The summed E-state index contributed by atoms with van der Waals surface area (Å²) in [6, 6.07) is 9.90. The summed E-state index contributed by atoms with van der Waals surface area (Å²) in [6.45, 7) is 8.47. The summed E-state index contributed by atoms with van der Waals surface area (Å²) in [5, 5.41) is 3.58. The number of ether oxygens (including phenoxy) is 1. The van der Waals surface area contributed by atoms with E-state index < -0.39 is 0 Å². The molecule has 0 atom stereocenters. The number of hydrogen-bond donors (Lipinski definition) is 1. The second kappa shape index (κ2) is 9.42. The van der Waals surface area contributed by atoms with Crippen molar-refractivity contribution in [1.29, 1.82) is 0 Å². The molecule has 5 nitrogen and oxygen atoms in total. The maximum atomic E-state index is 11.9. The Kier molecular flexibility index (Phi) is 7.25. The fourth-order valence-corrected chi connectivity index (χ4v) is 3.07. The third-order valence-electron chi connectivity index (χ3n) is 3.33. The Hall–Kier alpha value is -2.08. The topological polar surface area (TPSA) is 64.1 Å². The van der Waals surface area contributed by atoms with Crippen LogP contribution in [0.5, 0.6) is 5.75 Å². The maximum absolute atomic E-state index is 11.9. The highest BCUT2D eigenvalue weighted by atomic mass is 32.2. The minimum absolute atomic E-state index is 0.00693. The van der Waals surface area contributed by atoms with Gasteiger partial charge in [-0.2, -0.15) is 0 Å². The van der Waals surface area contributed by atoms with E-state index in [1.54, 1.807) is 0 Å². The number of rotatable bonds is 8. The SMILES string of the molecule is Cc1cc(C)nc(SCC(=O)NCCc2ccc(OC(C)C)cc2)n1. The fourth-order valence-electron chi connectivity index (χ4n) is 2.29. The van der Waals surface area contributed by atoms with Gasteiger partial charge < -0.3 is 10.1 Å². The predicted molar refractivity (Wildman–Crippen MR) is 101 cm³/mol. The highest BCUT2D eigenvalue weighted by molar-refractivity contribution is 7.99. The van der Waals surface area contributed by atoms with Gasteiger partial charge in [-0.1, -0.05) is 23.9 Å². The molecule has 0 aliphatic carbocycles. The maximum Gasteiger partial charge on any atom is 0.230 e. The van der Waals surface area contributed by atoms with E-state index in [9.17, 15) is 4.79 Å². The summed E-state index contributed by atoms with van der Waals surface area (Å²) in [5.41, 5.74) is 3.00. The summed E-state index contributed by atoms with van der Waals surface area (Å²) in [7, 11) is 0. The molecule has 0 bridgehead atoms. The molecule has 6 heteroatoms. The first-order valence-corrected chi connectivity index (χ1v) is 9.38. The van der Waals surface area contributed by atoms with Crippen molar-refractivity contribution in [3.8, 4) is 5.75 Å². The zero-order valence-corrected chi connectivity index (χ0v) is 16.0. The van der Waals surface area contributed by atoms with Gasteiger partial charge in [-0.3, -0.25) is 4.79 Å². The highest BCUT2D eigenvalue weighted by Crippen LogP contribution is 2.15. The van der Waals surface area contributed by atoms with Gasteiger partial charge in [0.05, 0.1) is 11.9 Å². The number of nitrogens with zero attached hydrogens (tertiary/aromatic N) is 2. The van der Waals surface area contributed by atoms with Crippen LogP contribution in [-0.2, 0) is 11.2 Å². The minimum Gasteiger partial charge on any atom is -0.491 e. The van der Waals surface area contributed by atoms with Gasteiger partial charge in [0.15, 0.2) is 5.16 Å². The molecule has 0 radical (unpaired) electrons. The van der Waals surface area contributed by atoms with Crippen LogP contribution in [-0.4, -0.2) is 34.3 Å². The van der Waals surface area contributed by atoms with Crippen molar-refractivity contribution in [3.05, 3.63) is 47.3 Å². The molecule has 1 N–H and O–H groups in total. The molecule has 1 amide bonds. The lowest BCUT2D eigenvalue weighted by Crippen LogP contribution is -2.27. The molecule has 25 heavy (non-hydrogen) atoms. The van der Waals surface area contributed by atoms with Crippen LogP contribution in [0.4, 0.5) is 0 Å². The van der Waals surface area contributed by atoms with Gasteiger partial charge in [-0.15, -0.1) is 0 Å². The molecule has 0 aliphatic rings. The number of amides is 1. The largest absolute Gasteiger partial charge is 0.491 e. The molecule has 2 rings (SSSR count). The highest BCUT2D eigenvalue weighted by Gasteiger charge is 2.06. The van der Waals surface area contributed by atoms with Gasteiger partial charge in [0.1, 0.15) is 5.75 Å². The first-order chi connectivity index (χ1) is 11.9. The van der Waals surface area contributed by atoms with Gasteiger partial charge in [0.25, 0.3) is 0 Å². The van der Waals surface area contributed by atoms with Gasteiger partial charge in [0, 0.05) is 17.9 Å². The molecule has 2 aromatic rings. The second-order valence-corrected chi connectivity index (χ2v) is 7.07. The lowest BCUT2D eigenvalue weighted by molar-refractivity contribution is -0.118. The fraction of sp³-hybridized carbons (Fsp3) is 0.421. The molecule has 0 saturated carbocycles. The van der Waals surface area contributed by atoms with Crippen LogP contribution < -0.4 is 10.1 Å². The minimum atomic E-state index is -0.00693. The van der Waals surface area contributed by atoms with Crippen LogP contribution in [0.25, 0.3) is 0 Å². The third-order valence-corrected chi connectivity index (χ3v) is 4.17. The van der Waals surface area contributed by atoms with Crippen LogP contribution >= 0.6 is 11.8 Å². The number of hydrogen-bond acceptors (Lipinski definition) is 5. The Bertz CT molecular complexity index is 682. The van der Waals surface area contributed by atoms with E-state index in [4.69, 9.17) is 4.74 Å². The Labute approximate surface area is 153 Å². The Morgan fingerprint density at radius 2 is 1.80 bits per heavy atom. The average Bonchev–Trinajstić information content (AvgIpc) is 2.53. The van der Waals surface area contributed by atoms with Crippen LogP contribution in [0.2, 0.25) is 0 Å². The zero-order chi connectivity index (χ0) is 18.2. The van der Waals surface area contributed by atoms with E-state index >= 15 is 0 Å². The van der Waals surface area contributed by atoms with E-state index in [0.717, 1.165) is 23.6 Å². The van der Waals surface area contributed by atoms with Crippen molar-refractivity contribution >= 4 is 17.7 Å². The van der Waals surface area contributed by atoms with Crippen molar-refractivity contribution < 1.29 is 9.53 Å². The number of aromatic nitrogens is 2. The molecular weight excluding hydrogens is 334 g/mol. The molecule has 0 saturated heterocycles. The Balaban J connectivity index is 1.71. The van der Waals surface area contributed by atoms with Crippen LogP contribution in [0, 0.1) is 13.8 Å². The van der Waals surface area contributed by atoms with Gasteiger partial charge in [-0.05, 0) is 57.9 Å². The first kappa shape index (κ1) is 19.2. The summed E-state index contributed by atoms with van der Waals surface area (Å²) >= 11 is 1.36. The van der Waals surface area contributed by atoms with Crippen LogP contribution in [0.1, 0.15) is 30.8 Å². The van der Waals surface area contributed by atoms with E-state index in [-0.39, 0.29) is 12.0 Å². The number of thioether (sulfide) groups is 1. The molecular formula is C19H25N3O2S. The number of carbonyl (C=O) groups excluding carboxylic acids is 1. The summed E-state index contributed by atoms with van der Waals surface area (Å²) < 4.78 is 5.62. The van der Waals surface area contributed by atoms with E-state index in [1.807, 2.05) is 58.0 Å². The lowest BCUT2D eigenvalue weighted by atomic mass is 10.1. The van der Waals surface area contributed by atoms with Crippen LogP contribution in [0.3, 0.4) is 0 Å². The number of aryl methyl sites for hydroxylation is 2. The normalized spacial score (nSPS) is 10.8. The quantitative estimate of drug-likeness (QED) is 0.578. The van der Waals surface area contributed by atoms with Gasteiger partial charge >= 0.3 is 0 Å². The van der Waals surface area contributed by atoms with Crippen molar-refractivity contribution in [3.63, 3.8) is 0 Å². The molecule has 1 aromatic heterocycles. The summed E-state index contributed by atoms with van der Waals surface area (Å²) in [6.07, 6.45) is 0.960. The monoisotopic (exact) mass is 359 g/mol.